The normalized spacial score (nSPS) is 24.2. The van der Waals surface area contributed by atoms with Crippen LogP contribution in [0.4, 0.5) is 4.39 Å². The summed E-state index contributed by atoms with van der Waals surface area (Å²) >= 11 is 0. The number of carbonyl (C=O) groups is 4. The van der Waals surface area contributed by atoms with Gasteiger partial charge in [0.25, 0.3) is 5.91 Å². The number of benzene rings is 2. The van der Waals surface area contributed by atoms with Crippen molar-refractivity contribution in [3.8, 4) is 16.9 Å². The highest BCUT2D eigenvalue weighted by Crippen LogP contribution is 2.52. The number of primary amides is 1. The van der Waals surface area contributed by atoms with E-state index in [0.717, 1.165) is 0 Å². The van der Waals surface area contributed by atoms with E-state index >= 15 is 0 Å². The molecular weight excluding hydrogens is 511 g/mol. The molecule has 0 saturated carbocycles. The van der Waals surface area contributed by atoms with Gasteiger partial charge in [-0.2, -0.15) is 0 Å². The molecule has 0 bridgehead atoms. The largest absolute Gasteiger partial charge is 0.511 e. The van der Waals surface area contributed by atoms with Gasteiger partial charge in [0.15, 0.2) is 11.4 Å². The molecule has 0 aliphatic heterocycles. The van der Waals surface area contributed by atoms with Gasteiger partial charge in [0, 0.05) is 36.9 Å². The second kappa shape index (κ2) is 9.05. The van der Waals surface area contributed by atoms with Crippen LogP contribution >= 0.6 is 0 Å². The van der Waals surface area contributed by atoms with Gasteiger partial charge in [-0.3, -0.25) is 19.2 Å². The fourth-order valence-corrected chi connectivity index (χ4v) is 5.98. The average molecular weight is 537 g/mol. The Balaban J connectivity index is 1.71. The van der Waals surface area contributed by atoms with Crippen LogP contribution in [0.15, 0.2) is 53.0 Å². The van der Waals surface area contributed by atoms with Crippen LogP contribution in [0.25, 0.3) is 11.1 Å². The van der Waals surface area contributed by atoms with Crippen LogP contribution in [-0.2, 0) is 27.3 Å². The highest BCUT2D eigenvalue weighted by Gasteiger charge is 2.59. The van der Waals surface area contributed by atoms with Crippen LogP contribution in [-0.4, -0.2) is 49.4 Å². The third-order valence-corrected chi connectivity index (χ3v) is 7.82. The summed E-state index contributed by atoms with van der Waals surface area (Å²) in [6.07, 6.45) is -0.254. The number of amides is 2. The molecular formula is C28H25FN2O8. The summed E-state index contributed by atoms with van der Waals surface area (Å²) in [5.74, 6) is -8.08. The van der Waals surface area contributed by atoms with Crippen molar-refractivity contribution in [2.24, 2.45) is 17.6 Å². The van der Waals surface area contributed by atoms with Gasteiger partial charge in [-0.15, -0.1) is 0 Å². The Hall–Kier alpha value is -4.51. The van der Waals surface area contributed by atoms with Gasteiger partial charge >= 0.3 is 0 Å². The summed E-state index contributed by atoms with van der Waals surface area (Å²) in [6, 6.07) is 7.08. The van der Waals surface area contributed by atoms with Gasteiger partial charge in [0.2, 0.25) is 11.7 Å². The predicted octanol–water partition coefficient (Wildman–Crippen LogP) is 2.02. The Morgan fingerprint density at radius 2 is 1.79 bits per heavy atom. The maximum absolute atomic E-state index is 13.9. The summed E-state index contributed by atoms with van der Waals surface area (Å²) < 4.78 is 13.7. The number of hydrogen-bond acceptors (Lipinski definition) is 8. The van der Waals surface area contributed by atoms with E-state index in [0.29, 0.717) is 16.7 Å². The highest BCUT2D eigenvalue weighted by molar-refractivity contribution is 6.24. The summed E-state index contributed by atoms with van der Waals surface area (Å²) in [5, 5.41) is 46.6. The van der Waals surface area contributed by atoms with Crippen LogP contribution in [0.3, 0.4) is 0 Å². The number of aromatic hydroxyl groups is 1. The molecule has 2 aromatic rings. The van der Waals surface area contributed by atoms with E-state index in [1.165, 1.54) is 31.2 Å². The van der Waals surface area contributed by atoms with Gasteiger partial charge in [0.1, 0.15) is 28.7 Å². The van der Waals surface area contributed by atoms with Gasteiger partial charge < -0.3 is 31.5 Å². The molecule has 0 fully saturated rings. The van der Waals surface area contributed by atoms with Gasteiger partial charge in [-0.25, -0.2) is 4.39 Å². The van der Waals surface area contributed by atoms with Crippen molar-refractivity contribution in [1.82, 2.24) is 5.32 Å². The lowest BCUT2D eigenvalue weighted by molar-refractivity contribution is -0.144. The monoisotopic (exact) mass is 536 g/mol. The number of Topliss-reactive ketones (excluding diaryl/α,β-unsaturated/α-hetero) is 2. The van der Waals surface area contributed by atoms with Crippen LogP contribution < -0.4 is 11.1 Å². The fraction of sp³-hybridized carbons (Fsp3) is 0.286. The summed E-state index contributed by atoms with van der Waals surface area (Å²) in [4.78, 5) is 50.4. The maximum atomic E-state index is 13.9. The van der Waals surface area contributed by atoms with E-state index in [1.54, 1.807) is 6.07 Å². The smallest absolute Gasteiger partial charge is 0.255 e. The predicted molar refractivity (Wildman–Crippen MR) is 134 cm³/mol. The zero-order valence-electron chi connectivity index (χ0n) is 20.7. The minimum atomic E-state index is -2.67. The first-order valence-electron chi connectivity index (χ1n) is 12.2. The van der Waals surface area contributed by atoms with Crippen molar-refractivity contribution >= 4 is 23.4 Å². The third kappa shape index (κ3) is 3.88. The molecule has 11 heteroatoms. The number of carbonyl (C=O) groups excluding carboxylic acids is 4. The molecule has 202 valence electrons. The van der Waals surface area contributed by atoms with E-state index in [9.17, 15) is 44.0 Å². The maximum Gasteiger partial charge on any atom is 0.255 e. The first kappa shape index (κ1) is 26.1. The lowest BCUT2D eigenvalue weighted by Gasteiger charge is -2.45. The lowest BCUT2D eigenvalue weighted by Crippen LogP contribution is -2.57. The molecule has 3 atom stereocenters. The molecule has 39 heavy (non-hydrogen) atoms. The van der Waals surface area contributed by atoms with E-state index < -0.39 is 63.6 Å². The zero-order chi connectivity index (χ0) is 28.4. The number of aliphatic hydroxyl groups is 3. The van der Waals surface area contributed by atoms with Crippen molar-refractivity contribution in [2.45, 2.75) is 38.3 Å². The molecule has 0 unspecified atom stereocenters. The number of nitrogens with one attached hydrogen (secondary N) is 1. The lowest BCUT2D eigenvalue weighted by atomic mass is 9.60. The standard InChI is InChI=1S/C28H25FN2O8/c1-11(32)31-10-14-8-17(12-2-4-16(29)5-3-12)18-7-13-6-15-9-19(33)22(27(30)38)26(37)28(15,39)25(36)20(13)24(35)21(18)23(14)34/h2-5,8,13,15,33-34,36,39H,6-7,9-10H2,1H3,(H2,30,38)(H,31,32)/t13-,15+,28+/m1/s1. The molecule has 5 rings (SSSR count). The first-order valence-corrected chi connectivity index (χ1v) is 12.2. The van der Waals surface area contributed by atoms with E-state index in [2.05, 4.69) is 5.32 Å². The van der Waals surface area contributed by atoms with Gasteiger partial charge in [-0.05, 0) is 53.6 Å². The molecule has 2 aromatic carbocycles. The number of ketones is 2. The zero-order valence-corrected chi connectivity index (χ0v) is 20.7. The number of allylic oxidation sites excluding steroid dienone is 2. The summed E-state index contributed by atoms with van der Waals surface area (Å²) in [6.45, 7) is 1.14. The fourth-order valence-electron chi connectivity index (χ4n) is 5.98. The number of hydrogen-bond donors (Lipinski definition) is 6. The number of rotatable bonds is 4. The van der Waals surface area contributed by atoms with Crippen molar-refractivity contribution in [1.29, 1.82) is 0 Å². The molecule has 0 saturated heterocycles. The molecule has 0 spiro atoms. The van der Waals surface area contributed by atoms with Crippen LogP contribution in [0, 0.1) is 17.7 Å². The Labute approximate surface area is 221 Å². The average Bonchev–Trinajstić information content (AvgIpc) is 2.86. The minimum absolute atomic E-state index is 0.0137. The second-order valence-electron chi connectivity index (χ2n) is 10.1. The van der Waals surface area contributed by atoms with Crippen molar-refractivity contribution < 1.29 is 44.0 Å². The number of phenols is 1. The topological polar surface area (TPSA) is 187 Å². The van der Waals surface area contributed by atoms with Crippen molar-refractivity contribution in [3.05, 3.63) is 75.5 Å². The molecule has 10 nitrogen and oxygen atoms in total. The van der Waals surface area contributed by atoms with E-state index in [-0.39, 0.29) is 48.4 Å². The molecule has 0 heterocycles. The quantitative estimate of drug-likeness (QED) is 0.320. The number of aliphatic hydroxyl groups excluding tert-OH is 2. The molecule has 2 amide bonds. The van der Waals surface area contributed by atoms with Crippen molar-refractivity contribution in [2.75, 3.05) is 0 Å². The van der Waals surface area contributed by atoms with Crippen LogP contribution in [0.5, 0.6) is 5.75 Å². The molecule has 3 aliphatic rings. The molecule has 3 aliphatic carbocycles. The Bertz CT molecular complexity index is 1540. The molecule has 0 radical (unpaired) electrons. The van der Waals surface area contributed by atoms with Gasteiger partial charge in [-0.1, -0.05) is 12.1 Å². The number of halogens is 1. The molecule has 0 aromatic heterocycles. The SMILES string of the molecule is CC(=O)NCc1cc(-c2ccc(F)cc2)c2c(c1O)C(=O)C1=C(O)[C@]3(O)C(=O)C(C(N)=O)=C(O)C[C@@H]3C[C@@H]1C2. The second-order valence-corrected chi connectivity index (χ2v) is 10.1. The summed E-state index contributed by atoms with van der Waals surface area (Å²) in [7, 11) is 0. The third-order valence-electron chi connectivity index (χ3n) is 7.82. The number of fused-ring (bicyclic) bond motifs is 3. The Morgan fingerprint density at radius 3 is 2.41 bits per heavy atom. The minimum Gasteiger partial charge on any atom is -0.511 e. The van der Waals surface area contributed by atoms with E-state index in [1.807, 2.05) is 0 Å². The Kier molecular flexibility index (Phi) is 6.06. The first-order chi connectivity index (χ1) is 18.4. The molecule has 7 N–H and O–H groups in total. The van der Waals surface area contributed by atoms with Gasteiger partial charge in [0.05, 0.1) is 5.56 Å². The highest BCUT2D eigenvalue weighted by atomic mass is 19.1. The summed E-state index contributed by atoms with van der Waals surface area (Å²) in [5.41, 5.74) is 2.85. The van der Waals surface area contributed by atoms with Crippen LogP contribution in [0.2, 0.25) is 0 Å². The Morgan fingerprint density at radius 1 is 1.13 bits per heavy atom. The van der Waals surface area contributed by atoms with Crippen LogP contribution in [0.1, 0.15) is 41.3 Å². The number of nitrogens with two attached hydrogens (primary N) is 1. The number of phenolic OH excluding ortho intramolecular Hbond substituents is 1. The van der Waals surface area contributed by atoms with E-state index in [4.69, 9.17) is 5.73 Å². The van der Waals surface area contributed by atoms with Crippen molar-refractivity contribution in [3.63, 3.8) is 0 Å².